The summed E-state index contributed by atoms with van der Waals surface area (Å²) in [4.78, 5) is 8.79. The fraction of sp³-hybridized carbons (Fsp3) is 0.286. The van der Waals surface area contributed by atoms with E-state index in [-0.39, 0.29) is 0 Å². The fourth-order valence-corrected chi connectivity index (χ4v) is 1.75. The second-order valence-electron chi connectivity index (χ2n) is 3.94. The zero-order chi connectivity index (χ0) is 13.0. The molecule has 4 nitrogen and oxygen atoms in total. The molecule has 0 saturated carbocycles. The van der Waals surface area contributed by atoms with E-state index in [4.69, 9.17) is 4.74 Å². The van der Waals surface area contributed by atoms with Gasteiger partial charge < -0.3 is 10.1 Å². The minimum Gasteiger partial charge on any atom is -0.497 e. The van der Waals surface area contributed by atoms with Gasteiger partial charge in [-0.05, 0) is 38.1 Å². The van der Waals surface area contributed by atoms with Crippen molar-refractivity contribution in [2.75, 3.05) is 19.0 Å². The lowest BCUT2D eigenvalue weighted by atomic mass is 10.1. The van der Waals surface area contributed by atoms with Crippen molar-refractivity contribution in [1.82, 2.24) is 9.97 Å². The first-order valence-electron chi connectivity index (χ1n) is 5.97. The third kappa shape index (κ3) is 2.77. The van der Waals surface area contributed by atoms with Crippen LogP contribution in [0.4, 0.5) is 5.82 Å². The molecule has 0 fully saturated rings. The molecule has 94 valence electrons. The highest BCUT2D eigenvalue weighted by Crippen LogP contribution is 2.22. The number of ether oxygens (including phenoxy) is 1. The van der Waals surface area contributed by atoms with Gasteiger partial charge in [0.05, 0.1) is 12.8 Å². The van der Waals surface area contributed by atoms with Crippen LogP contribution in [0.3, 0.4) is 0 Å². The van der Waals surface area contributed by atoms with Crippen LogP contribution in [0.25, 0.3) is 11.3 Å². The number of methoxy groups -OCH3 is 1. The summed E-state index contributed by atoms with van der Waals surface area (Å²) < 4.78 is 5.15. The van der Waals surface area contributed by atoms with Crippen molar-refractivity contribution in [1.29, 1.82) is 0 Å². The average molecular weight is 243 g/mol. The Hall–Kier alpha value is -2.10. The molecule has 1 heterocycles. The molecule has 4 heteroatoms. The molecular weight excluding hydrogens is 226 g/mol. The predicted molar refractivity (Wildman–Crippen MR) is 72.9 cm³/mol. The molecule has 1 aromatic carbocycles. The predicted octanol–water partition coefficient (Wildman–Crippen LogP) is 2.89. The highest BCUT2D eigenvalue weighted by molar-refractivity contribution is 5.63. The van der Waals surface area contributed by atoms with E-state index in [2.05, 4.69) is 15.3 Å². The number of benzene rings is 1. The molecule has 0 aliphatic heterocycles. The van der Waals surface area contributed by atoms with E-state index in [1.165, 1.54) is 0 Å². The number of hydrogen-bond donors (Lipinski definition) is 1. The van der Waals surface area contributed by atoms with Crippen molar-refractivity contribution in [3.8, 4) is 17.0 Å². The number of aromatic nitrogens is 2. The van der Waals surface area contributed by atoms with Gasteiger partial charge in [0.15, 0.2) is 0 Å². The van der Waals surface area contributed by atoms with E-state index in [0.29, 0.717) is 0 Å². The first kappa shape index (κ1) is 12.4. The normalized spacial score (nSPS) is 10.2. The van der Waals surface area contributed by atoms with Gasteiger partial charge in [0, 0.05) is 18.2 Å². The SMILES string of the molecule is CCNc1cc(-c2ccc(OC)cc2)nc(C)n1. The van der Waals surface area contributed by atoms with Crippen molar-refractivity contribution >= 4 is 5.82 Å². The molecule has 0 radical (unpaired) electrons. The van der Waals surface area contributed by atoms with Gasteiger partial charge in [0.2, 0.25) is 0 Å². The lowest BCUT2D eigenvalue weighted by Gasteiger charge is -2.07. The Kier molecular flexibility index (Phi) is 3.77. The summed E-state index contributed by atoms with van der Waals surface area (Å²) in [5.74, 6) is 2.46. The molecule has 0 spiro atoms. The van der Waals surface area contributed by atoms with Crippen LogP contribution in [0.15, 0.2) is 30.3 Å². The molecule has 0 bridgehead atoms. The maximum absolute atomic E-state index is 5.15. The third-order valence-corrected chi connectivity index (χ3v) is 2.58. The number of nitrogens with one attached hydrogen (secondary N) is 1. The van der Waals surface area contributed by atoms with Crippen molar-refractivity contribution < 1.29 is 4.74 Å². The van der Waals surface area contributed by atoms with Gasteiger partial charge in [-0.25, -0.2) is 9.97 Å². The quantitative estimate of drug-likeness (QED) is 0.897. The van der Waals surface area contributed by atoms with E-state index in [9.17, 15) is 0 Å². The highest BCUT2D eigenvalue weighted by Gasteiger charge is 2.04. The first-order valence-corrected chi connectivity index (χ1v) is 5.97. The van der Waals surface area contributed by atoms with Crippen LogP contribution in [0.2, 0.25) is 0 Å². The monoisotopic (exact) mass is 243 g/mol. The molecule has 0 unspecified atom stereocenters. The van der Waals surface area contributed by atoms with E-state index in [1.54, 1.807) is 7.11 Å². The lowest BCUT2D eigenvalue weighted by molar-refractivity contribution is 0.415. The van der Waals surface area contributed by atoms with E-state index < -0.39 is 0 Å². The Morgan fingerprint density at radius 2 is 1.89 bits per heavy atom. The van der Waals surface area contributed by atoms with Crippen molar-refractivity contribution in [3.63, 3.8) is 0 Å². The zero-order valence-electron chi connectivity index (χ0n) is 10.9. The Bertz CT molecular complexity index is 523. The lowest BCUT2D eigenvalue weighted by Crippen LogP contribution is -2.02. The maximum Gasteiger partial charge on any atom is 0.130 e. The van der Waals surface area contributed by atoms with Crippen LogP contribution in [-0.4, -0.2) is 23.6 Å². The number of hydrogen-bond acceptors (Lipinski definition) is 4. The van der Waals surface area contributed by atoms with Gasteiger partial charge in [-0.2, -0.15) is 0 Å². The van der Waals surface area contributed by atoms with E-state index >= 15 is 0 Å². The number of anilines is 1. The molecule has 0 aliphatic rings. The van der Waals surface area contributed by atoms with Crippen molar-refractivity contribution in [3.05, 3.63) is 36.2 Å². The van der Waals surface area contributed by atoms with Gasteiger partial charge in [0.25, 0.3) is 0 Å². The summed E-state index contributed by atoms with van der Waals surface area (Å²) in [6.07, 6.45) is 0. The largest absolute Gasteiger partial charge is 0.497 e. The summed E-state index contributed by atoms with van der Waals surface area (Å²) in [5, 5.41) is 3.21. The minimum atomic E-state index is 0.763. The molecule has 0 amide bonds. The topological polar surface area (TPSA) is 47.0 Å². The molecule has 18 heavy (non-hydrogen) atoms. The standard InChI is InChI=1S/C14H17N3O/c1-4-15-14-9-13(16-10(2)17-14)11-5-7-12(18-3)8-6-11/h5-9H,4H2,1-3H3,(H,15,16,17). The molecular formula is C14H17N3O. The van der Waals surface area contributed by atoms with Crippen LogP contribution >= 0.6 is 0 Å². The van der Waals surface area contributed by atoms with Crippen LogP contribution in [-0.2, 0) is 0 Å². The summed E-state index contributed by atoms with van der Waals surface area (Å²) in [6.45, 7) is 4.79. The molecule has 0 saturated heterocycles. The summed E-state index contributed by atoms with van der Waals surface area (Å²) >= 11 is 0. The Morgan fingerprint density at radius 1 is 1.17 bits per heavy atom. The number of nitrogens with zero attached hydrogens (tertiary/aromatic N) is 2. The van der Waals surface area contributed by atoms with Crippen molar-refractivity contribution in [2.45, 2.75) is 13.8 Å². The molecule has 2 rings (SSSR count). The second kappa shape index (κ2) is 5.49. The van der Waals surface area contributed by atoms with E-state index in [0.717, 1.165) is 35.2 Å². The van der Waals surface area contributed by atoms with Gasteiger partial charge >= 0.3 is 0 Å². The Morgan fingerprint density at radius 3 is 2.50 bits per heavy atom. The molecule has 2 aromatic rings. The first-order chi connectivity index (χ1) is 8.72. The average Bonchev–Trinajstić information content (AvgIpc) is 2.38. The molecule has 0 atom stereocenters. The van der Waals surface area contributed by atoms with Crippen LogP contribution in [0, 0.1) is 6.92 Å². The third-order valence-electron chi connectivity index (χ3n) is 2.58. The molecule has 1 aromatic heterocycles. The summed E-state index contributed by atoms with van der Waals surface area (Å²) in [5.41, 5.74) is 1.97. The van der Waals surface area contributed by atoms with Gasteiger partial charge in [-0.1, -0.05) is 0 Å². The smallest absolute Gasteiger partial charge is 0.130 e. The Balaban J connectivity index is 2.36. The molecule has 1 N–H and O–H groups in total. The maximum atomic E-state index is 5.15. The highest BCUT2D eigenvalue weighted by atomic mass is 16.5. The van der Waals surface area contributed by atoms with Crippen LogP contribution in [0.5, 0.6) is 5.75 Å². The number of aryl methyl sites for hydroxylation is 1. The van der Waals surface area contributed by atoms with E-state index in [1.807, 2.05) is 44.2 Å². The fourth-order valence-electron chi connectivity index (χ4n) is 1.75. The van der Waals surface area contributed by atoms with Gasteiger partial charge in [-0.3, -0.25) is 0 Å². The molecule has 0 aliphatic carbocycles. The van der Waals surface area contributed by atoms with Crippen LogP contribution in [0.1, 0.15) is 12.7 Å². The number of rotatable bonds is 4. The van der Waals surface area contributed by atoms with Crippen LogP contribution < -0.4 is 10.1 Å². The van der Waals surface area contributed by atoms with Crippen molar-refractivity contribution in [2.24, 2.45) is 0 Å². The van der Waals surface area contributed by atoms with Gasteiger partial charge in [-0.15, -0.1) is 0 Å². The van der Waals surface area contributed by atoms with Gasteiger partial charge in [0.1, 0.15) is 17.4 Å². The summed E-state index contributed by atoms with van der Waals surface area (Å²) in [6, 6.07) is 9.81. The minimum absolute atomic E-state index is 0.763. The zero-order valence-corrected chi connectivity index (χ0v) is 10.9. The summed E-state index contributed by atoms with van der Waals surface area (Å²) in [7, 11) is 1.66. The Labute approximate surface area is 107 Å². The second-order valence-corrected chi connectivity index (χ2v) is 3.94.